The zero-order valence-electron chi connectivity index (χ0n) is 48.1. The van der Waals surface area contributed by atoms with E-state index in [4.69, 9.17) is 23.1 Å². The molecule has 0 spiro atoms. The van der Waals surface area contributed by atoms with Gasteiger partial charge >= 0.3 is 36.2 Å². The third-order valence-electron chi connectivity index (χ3n) is 10.6. The average molecular weight is 1280 g/mol. The summed E-state index contributed by atoms with van der Waals surface area (Å²) in [5, 5.41) is 35.6. The van der Waals surface area contributed by atoms with Crippen LogP contribution in [0.1, 0.15) is 117 Å². The topological polar surface area (TPSA) is 363 Å². The highest BCUT2D eigenvalue weighted by Crippen LogP contribution is 2.30. The molecule has 5 heterocycles. The average Bonchev–Trinajstić information content (AvgIpc) is 2.77. The number of aromatic amines is 1. The van der Waals surface area contributed by atoms with Gasteiger partial charge in [-0.05, 0) is 72.7 Å². The molecule has 3 fully saturated rings. The van der Waals surface area contributed by atoms with E-state index in [-0.39, 0.29) is 76.6 Å². The minimum atomic E-state index is -3.68. The molecular formula is C53H88BClN11O18S2. The van der Waals surface area contributed by atoms with Crippen LogP contribution in [-0.4, -0.2) is 223 Å². The van der Waals surface area contributed by atoms with E-state index in [0.717, 1.165) is 28.5 Å². The number of carbonyl (C=O) groups is 6. The van der Waals surface area contributed by atoms with Crippen molar-refractivity contribution in [1.82, 2.24) is 55.5 Å². The number of halogens is 1. The molecule has 29 nitrogen and oxygen atoms in total. The van der Waals surface area contributed by atoms with Crippen molar-refractivity contribution in [1.29, 1.82) is 0 Å². The number of esters is 3. The number of carbonyl (C=O) groups excluding carboxylic acids is 6. The number of aliphatic hydroxyl groups is 1. The fourth-order valence-electron chi connectivity index (χ4n) is 7.51. The predicted molar refractivity (Wildman–Crippen MR) is 321 cm³/mol. The van der Waals surface area contributed by atoms with Crippen molar-refractivity contribution < 1.29 is 83.3 Å². The van der Waals surface area contributed by atoms with Gasteiger partial charge in [-0.1, -0.05) is 90.4 Å². The summed E-state index contributed by atoms with van der Waals surface area (Å²) in [7, 11) is 1.37. The van der Waals surface area contributed by atoms with Gasteiger partial charge in [0.2, 0.25) is 20.7 Å². The maximum Gasteiger partial charge on any atom is 0.411 e. The Hall–Kier alpha value is -7.03. The number of aliphatic hydroxyl groups excluding tert-OH is 1. The summed E-state index contributed by atoms with van der Waals surface area (Å²) in [6, 6.07) is 16.4. The number of nitrogens with one attached hydrogen (secondary N) is 1. The quantitative estimate of drug-likeness (QED) is 0.0640. The number of nitrogens with zero attached hydrogens (tertiary/aromatic N) is 10. The summed E-state index contributed by atoms with van der Waals surface area (Å²) in [5.41, 5.74) is -0.211. The molecule has 2 N–H and O–H groups in total. The van der Waals surface area contributed by atoms with Crippen molar-refractivity contribution in [2.45, 2.75) is 164 Å². The first kappa shape index (κ1) is 83.2. The first-order valence-electron chi connectivity index (χ1n) is 24.7. The standard InChI is InChI=1S/C18H23N5O4.C12H21NO7S.C11H19NO5.C7H6N4.CH3ClO2S.4CH4.B/c1-18(2,3)27-17(25)22-11-13(10-14(22)16(24)26-4)23-20-15(19-21-23)12-8-6-5-7-9-12;1-12(2,3)19-11(15)13-7-8(20-21(5,16)17)6-9(13)10(14)18-4;1-11(2,3)17-10(15)12-6-7(13)5-8(12)9(14)16-4;1-2-4-6(5-3-1)7-8-10-11-9-7;1-5(2,3)4;;;;;/h5-9,13-14H,10-11H2,1-4H3;8-9H,6-7H2,1-5H3;7-8,13H,5-6H2,1-4H3;1-5H,(H,8,9,10,11);1H3;4*1H4;/t13-,14+;8-,9-;7-,8-;;;;;;;/m100......./s1. The van der Waals surface area contributed by atoms with Gasteiger partial charge in [-0.15, -0.1) is 20.4 Å². The monoisotopic (exact) mass is 1280 g/mol. The van der Waals surface area contributed by atoms with E-state index in [1.807, 2.05) is 60.7 Å². The largest absolute Gasteiger partial charge is 0.467 e. The molecular weight excluding hydrogens is 1190 g/mol. The van der Waals surface area contributed by atoms with Crippen LogP contribution < -0.4 is 0 Å². The minimum Gasteiger partial charge on any atom is -0.467 e. The molecule has 7 rings (SSSR count). The maximum absolute atomic E-state index is 12.5. The molecule has 3 radical (unpaired) electrons. The summed E-state index contributed by atoms with van der Waals surface area (Å²) in [4.78, 5) is 76.9. The van der Waals surface area contributed by atoms with E-state index in [2.05, 4.69) is 56.2 Å². The number of aromatic nitrogens is 8. The van der Waals surface area contributed by atoms with Crippen molar-refractivity contribution in [3.05, 3.63) is 60.7 Å². The molecule has 3 amide bonds. The number of H-pyrrole nitrogens is 1. The molecule has 3 aliphatic rings. The highest BCUT2D eigenvalue weighted by atomic mass is 35.7. The van der Waals surface area contributed by atoms with Gasteiger partial charge in [-0.2, -0.15) is 18.4 Å². The van der Waals surface area contributed by atoms with Crippen LogP contribution in [0.15, 0.2) is 60.7 Å². The Balaban J connectivity index is -0.00000105. The zero-order chi connectivity index (χ0) is 61.3. The molecule has 485 valence electrons. The molecule has 0 aliphatic carbocycles. The predicted octanol–water partition coefficient (Wildman–Crippen LogP) is 6.32. The summed E-state index contributed by atoms with van der Waals surface area (Å²) in [5.74, 6) is -0.550. The zero-order valence-corrected chi connectivity index (χ0v) is 50.5. The molecule has 0 saturated carbocycles. The second kappa shape index (κ2) is 36.2. The van der Waals surface area contributed by atoms with E-state index in [0.29, 0.717) is 18.1 Å². The van der Waals surface area contributed by atoms with E-state index in [1.54, 1.807) is 62.3 Å². The molecule has 6 atom stereocenters. The van der Waals surface area contributed by atoms with Crippen LogP contribution in [0.25, 0.3) is 22.8 Å². The minimum absolute atomic E-state index is 0. The fraction of sp³-hybridized carbons (Fsp3) is 0.623. The number of amides is 3. The highest BCUT2D eigenvalue weighted by molar-refractivity contribution is 8.13. The number of benzene rings is 2. The molecule has 86 heavy (non-hydrogen) atoms. The lowest BCUT2D eigenvalue weighted by atomic mass is 10.2. The molecule has 0 bridgehead atoms. The molecule has 0 unspecified atom stereocenters. The van der Waals surface area contributed by atoms with Crippen LogP contribution in [0, 0.1) is 0 Å². The number of ether oxygens (including phenoxy) is 6. The molecule has 2 aromatic carbocycles. The molecule has 2 aromatic heterocycles. The van der Waals surface area contributed by atoms with Crippen LogP contribution >= 0.6 is 10.7 Å². The number of hydrogen-bond acceptors (Lipinski definition) is 24. The Bertz CT molecular complexity index is 2920. The number of rotatable bonds is 8. The maximum atomic E-state index is 12.5. The normalized spacial score (nSPS) is 18.6. The lowest BCUT2D eigenvalue weighted by molar-refractivity contribution is -0.146. The van der Waals surface area contributed by atoms with Gasteiger partial charge < -0.3 is 33.5 Å². The van der Waals surface area contributed by atoms with Gasteiger partial charge in [0, 0.05) is 56.0 Å². The van der Waals surface area contributed by atoms with Crippen LogP contribution in [0.2, 0.25) is 0 Å². The summed E-state index contributed by atoms with van der Waals surface area (Å²) >= 11 is 0. The second-order valence-electron chi connectivity index (χ2n) is 21.0. The number of methoxy groups -OCH3 is 3. The number of hydrogen-bond donors (Lipinski definition) is 2. The van der Waals surface area contributed by atoms with E-state index < -0.39 is 102 Å². The van der Waals surface area contributed by atoms with Crippen molar-refractivity contribution in [2.75, 3.05) is 53.5 Å². The second-order valence-corrected chi connectivity index (χ2v) is 25.7. The van der Waals surface area contributed by atoms with Gasteiger partial charge in [0.25, 0.3) is 10.1 Å². The van der Waals surface area contributed by atoms with Crippen LogP contribution in [0.5, 0.6) is 0 Å². The third-order valence-corrected chi connectivity index (χ3v) is 11.2. The van der Waals surface area contributed by atoms with Crippen molar-refractivity contribution >= 4 is 74.5 Å². The summed E-state index contributed by atoms with van der Waals surface area (Å²) < 4.78 is 75.8. The van der Waals surface area contributed by atoms with Crippen LogP contribution in [-0.2, 0) is 66.2 Å². The number of likely N-dealkylation sites (tertiary alicyclic amines) is 3. The molecule has 4 aromatic rings. The Morgan fingerprint density at radius 1 is 0.581 bits per heavy atom. The summed E-state index contributed by atoms with van der Waals surface area (Å²) in [6.07, 6.45) is -0.999. The molecule has 33 heteroatoms. The van der Waals surface area contributed by atoms with Crippen LogP contribution in [0.3, 0.4) is 0 Å². The van der Waals surface area contributed by atoms with E-state index in [9.17, 15) is 50.7 Å². The third kappa shape index (κ3) is 29.4. The van der Waals surface area contributed by atoms with Crippen molar-refractivity contribution in [2.24, 2.45) is 0 Å². The van der Waals surface area contributed by atoms with E-state index in [1.165, 1.54) is 35.9 Å². The highest BCUT2D eigenvalue weighted by Gasteiger charge is 2.46. The van der Waals surface area contributed by atoms with Gasteiger partial charge in [0.15, 0.2) is 0 Å². The lowest BCUT2D eigenvalue weighted by Gasteiger charge is -2.27. The number of β-amino-alcohol motifs (C(OH)–C–C–N with tert-alkyl or cyclic N) is 1. The SMILES string of the molecule is C.C.C.C.COC(=O)[C@@H]1C[C@@H](n2nnc(-c3ccccc3)n2)CN1C(=O)OC(C)(C)C.COC(=O)[C@@H]1C[C@H](O)CN1C(=O)OC(C)(C)C.COC(=O)[C@@H]1C[C@H](OS(C)(=O)=O)CN1C(=O)OC(C)(C)C.CS(=O)(=O)Cl.[B].c1ccc(-c2nn[nH]n2)cc1. The van der Waals surface area contributed by atoms with Crippen molar-refractivity contribution in [3.63, 3.8) is 0 Å². The van der Waals surface area contributed by atoms with Gasteiger partial charge in [0.05, 0.1) is 65.2 Å². The van der Waals surface area contributed by atoms with Gasteiger partial charge in [0.1, 0.15) is 34.9 Å². The smallest absolute Gasteiger partial charge is 0.411 e. The molecule has 3 aliphatic heterocycles. The Kier molecular flexibility index (Phi) is 35.0. The van der Waals surface area contributed by atoms with Crippen LogP contribution in [0.4, 0.5) is 14.4 Å². The summed E-state index contributed by atoms with van der Waals surface area (Å²) in [6.45, 7) is 15.9. The first-order chi connectivity index (χ1) is 37.4. The van der Waals surface area contributed by atoms with Crippen molar-refractivity contribution in [3.8, 4) is 22.8 Å². The van der Waals surface area contributed by atoms with Gasteiger partial charge in [-0.25, -0.2) is 37.2 Å². The number of tetrazole rings is 2. The van der Waals surface area contributed by atoms with E-state index >= 15 is 0 Å². The lowest BCUT2D eigenvalue weighted by Crippen LogP contribution is -2.44. The Labute approximate surface area is 512 Å². The Morgan fingerprint density at radius 2 is 0.953 bits per heavy atom. The fourth-order valence-corrected chi connectivity index (χ4v) is 8.14. The first-order valence-corrected chi connectivity index (χ1v) is 29.3. The Morgan fingerprint density at radius 3 is 1.33 bits per heavy atom. The van der Waals surface area contributed by atoms with Gasteiger partial charge in [-0.3, -0.25) is 18.9 Å². The molecule has 3 saturated heterocycles.